The number of rotatable bonds is 3. The number of benzene rings is 3. The van der Waals surface area contributed by atoms with E-state index in [9.17, 15) is 5.26 Å². The molecule has 108 valence electrons. The van der Waals surface area contributed by atoms with Gasteiger partial charge in [-0.15, -0.1) is 0 Å². The summed E-state index contributed by atoms with van der Waals surface area (Å²) in [4.78, 5) is 0. The zero-order valence-corrected chi connectivity index (χ0v) is 12.6. The molecule has 1 aliphatic carbocycles. The third-order valence-electron chi connectivity index (χ3n) is 4.53. The van der Waals surface area contributed by atoms with E-state index in [1.807, 2.05) is 54.6 Å². The van der Waals surface area contributed by atoms with E-state index in [0.717, 1.165) is 27.8 Å². The molecule has 0 radical (unpaired) electrons. The predicted octanol–water partition coefficient (Wildman–Crippen LogP) is 4.96. The van der Waals surface area contributed by atoms with Gasteiger partial charge in [0.1, 0.15) is 0 Å². The van der Waals surface area contributed by atoms with Gasteiger partial charge in [0.25, 0.3) is 0 Å². The van der Waals surface area contributed by atoms with Crippen LogP contribution >= 0.6 is 0 Å². The molecule has 0 spiro atoms. The Hall–Kier alpha value is -3.11. The Labute approximate surface area is 136 Å². The molecule has 0 heterocycles. The smallest absolute Gasteiger partial charge is 0.0967 e. The van der Waals surface area contributed by atoms with Crippen LogP contribution in [0.25, 0.3) is 5.57 Å². The van der Waals surface area contributed by atoms with Crippen LogP contribution in [0.4, 0.5) is 0 Å². The van der Waals surface area contributed by atoms with E-state index in [0.29, 0.717) is 0 Å². The second-order valence-electron chi connectivity index (χ2n) is 5.71. The van der Waals surface area contributed by atoms with Gasteiger partial charge in [-0.3, -0.25) is 0 Å². The molecule has 23 heavy (non-hydrogen) atoms. The van der Waals surface area contributed by atoms with Gasteiger partial charge in [-0.05, 0) is 22.3 Å². The normalized spacial score (nSPS) is 15.1. The van der Waals surface area contributed by atoms with Crippen molar-refractivity contribution in [3.63, 3.8) is 0 Å². The molecule has 0 bridgehead atoms. The molecular formula is C22H15N. The number of nitriles is 1. The highest BCUT2D eigenvalue weighted by atomic mass is 14.6. The average molecular weight is 293 g/mol. The van der Waals surface area contributed by atoms with E-state index in [1.165, 1.54) is 0 Å². The molecule has 0 saturated heterocycles. The van der Waals surface area contributed by atoms with Crippen LogP contribution < -0.4 is 0 Å². The topological polar surface area (TPSA) is 23.8 Å². The van der Waals surface area contributed by atoms with Crippen LogP contribution in [0.5, 0.6) is 0 Å². The fourth-order valence-corrected chi connectivity index (χ4v) is 3.51. The molecule has 0 aliphatic heterocycles. The molecule has 0 fully saturated rings. The lowest BCUT2D eigenvalue weighted by Crippen LogP contribution is -2.15. The summed E-state index contributed by atoms with van der Waals surface area (Å²) in [5.41, 5.74) is 5.00. The predicted molar refractivity (Wildman–Crippen MR) is 92.6 cm³/mol. The zero-order chi connectivity index (χ0) is 15.7. The van der Waals surface area contributed by atoms with Gasteiger partial charge in [0, 0.05) is 0 Å². The minimum atomic E-state index is -0.404. The van der Waals surface area contributed by atoms with Crippen molar-refractivity contribution in [2.45, 2.75) is 5.41 Å². The highest BCUT2D eigenvalue weighted by Crippen LogP contribution is 2.63. The Morgan fingerprint density at radius 1 is 0.609 bits per heavy atom. The maximum absolute atomic E-state index is 9.79. The van der Waals surface area contributed by atoms with Crippen LogP contribution in [0, 0.1) is 11.3 Å². The van der Waals surface area contributed by atoms with E-state index in [2.05, 4.69) is 42.5 Å². The summed E-state index contributed by atoms with van der Waals surface area (Å²) < 4.78 is 0. The SMILES string of the molecule is N#CC1=C(c2ccccc2)C1(c1ccccc1)c1ccccc1. The van der Waals surface area contributed by atoms with Crippen molar-refractivity contribution in [2.75, 3.05) is 0 Å². The summed E-state index contributed by atoms with van der Waals surface area (Å²) in [5, 5.41) is 9.79. The van der Waals surface area contributed by atoms with Crippen molar-refractivity contribution in [3.8, 4) is 6.07 Å². The van der Waals surface area contributed by atoms with Gasteiger partial charge in [-0.2, -0.15) is 5.26 Å². The third-order valence-corrected chi connectivity index (χ3v) is 4.53. The van der Waals surface area contributed by atoms with E-state index < -0.39 is 5.41 Å². The Balaban J connectivity index is 1.96. The molecule has 4 rings (SSSR count). The maximum Gasteiger partial charge on any atom is 0.0967 e. The second kappa shape index (κ2) is 5.26. The van der Waals surface area contributed by atoms with Crippen molar-refractivity contribution in [2.24, 2.45) is 0 Å². The van der Waals surface area contributed by atoms with Gasteiger partial charge in [0.2, 0.25) is 0 Å². The molecule has 0 aromatic heterocycles. The molecule has 0 atom stereocenters. The lowest BCUT2D eigenvalue weighted by molar-refractivity contribution is 0.921. The van der Waals surface area contributed by atoms with E-state index in [4.69, 9.17) is 0 Å². The number of nitrogens with zero attached hydrogens (tertiary/aromatic N) is 1. The van der Waals surface area contributed by atoms with Crippen LogP contribution in [0.3, 0.4) is 0 Å². The van der Waals surface area contributed by atoms with E-state index in [-0.39, 0.29) is 0 Å². The van der Waals surface area contributed by atoms with Crippen LogP contribution in [-0.2, 0) is 5.41 Å². The minimum absolute atomic E-state index is 0.404. The Morgan fingerprint density at radius 2 is 1.04 bits per heavy atom. The fraction of sp³-hybridized carbons (Fsp3) is 0.0455. The van der Waals surface area contributed by atoms with Crippen molar-refractivity contribution >= 4 is 5.57 Å². The molecule has 1 heteroatoms. The van der Waals surface area contributed by atoms with Gasteiger partial charge in [0.05, 0.1) is 17.1 Å². The molecule has 0 amide bonds. The first-order valence-corrected chi connectivity index (χ1v) is 7.71. The number of allylic oxidation sites excluding steroid dienone is 2. The van der Waals surface area contributed by atoms with Crippen molar-refractivity contribution in [1.29, 1.82) is 5.26 Å². The Bertz CT molecular complexity index is 861. The Kier molecular flexibility index (Phi) is 3.10. The van der Waals surface area contributed by atoms with Crippen molar-refractivity contribution < 1.29 is 0 Å². The van der Waals surface area contributed by atoms with E-state index in [1.54, 1.807) is 0 Å². The summed E-state index contributed by atoms with van der Waals surface area (Å²) in [7, 11) is 0. The first kappa shape index (κ1) is 13.5. The second-order valence-corrected chi connectivity index (χ2v) is 5.71. The zero-order valence-electron chi connectivity index (χ0n) is 12.6. The van der Waals surface area contributed by atoms with Gasteiger partial charge in [-0.25, -0.2) is 0 Å². The summed E-state index contributed by atoms with van der Waals surface area (Å²) in [6.07, 6.45) is 0. The molecule has 0 N–H and O–H groups in total. The fourth-order valence-electron chi connectivity index (χ4n) is 3.51. The molecular weight excluding hydrogens is 278 g/mol. The summed E-state index contributed by atoms with van der Waals surface area (Å²) in [5.74, 6) is 0. The van der Waals surface area contributed by atoms with Crippen molar-refractivity contribution in [3.05, 3.63) is 113 Å². The number of hydrogen-bond acceptors (Lipinski definition) is 1. The standard InChI is InChI=1S/C22H15N/c23-16-20-21(17-10-4-1-5-11-17)22(20,18-12-6-2-7-13-18)19-14-8-3-9-15-19/h1-15H. The van der Waals surface area contributed by atoms with E-state index >= 15 is 0 Å². The summed E-state index contributed by atoms with van der Waals surface area (Å²) >= 11 is 0. The third kappa shape index (κ3) is 1.93. The minimum Gasteiger partial charge on any atom is -0.193 e. The molecule has 3 aromatic carbocycles. The van der Waals surface area contributed by atoms with Gasteiger partial charge in [-0.1, -0.05) is 91.0 Å². The van der Waals surface area contributed by atoms with Crippen LogP contribution in [0.2, 0.25) is 0 Å². The first-order chi connectivity index (χ1) is 11.4. The summed E-state index contributed by atoms with van der Waals surface area (Å²) in [6, 6.07) is 33.3. The lowest BCUT2D eigenvalue weighted by atomic mass is 9.80. The summed E-state index contributed by atoms with van der Waals surface area (Å²) in [6.45, 7) is 0. The van der Waals surface area contributed by atoms with Crippen LogP contribution in [-0.4, -0.2) is 0 Å². The molecule has 0 saturated carbocycles. The molecule has 3 aromatic rings. The van der Waals surface area contributed by atoms with Gasteiger partial charge in [0.15, 0.2) is 0 Å². The largest absolute Gasteiger partial charge is 0.193 e. The van der Waals surface area contributed by atoms with Gasteiger partial charge < -0.3 is 0 Å². The maximum atomic E-state index is 9.79. The molecule has 0 unspecified atom stereocenters. The first-order valence-electron chi connectivity index (χ1n) is 7.71. The quantitative estimate of drug-likeness (QED) is 0.669. The highest BCUT2D eigenvalue weighted by molar-refractivity contribution is 6.02. The van der Waals surface area contributed by atoms with Crippen LogP contribution in [0.15, 0.2) is 96.6 Å². The van der Waals surface area contributed by atoms with Crippen LogP contribution in [0.1, 0.15) is 16.7 Å². The lowest BCUT2D eigenvalue weighted by Gasteiger charge is -2.21. The molecule has 1 nitrogen and oxygen atoms in total. The molecule has 1 aliphatic rings. The number of hydrogen-bond donors (Lipinski definition) is 0. The van der Waals surface area contributed by atoms with Crippen molar-refractivity contribution in [1.82, 2.24) is 0 Å². The van der Waals surface area contributed by atoms with Gasteiger partial charge >= 0.3 is 0 Å². The monoisotopic (exact) mass is 293 g/mol. The average Bonchev–Trinajstić information content (AvgIpc) is 3.34. The highest BCUT2D eigenvalue weighted by Gasteiger charge is 2.56. The Morgan fingerprint density at radius 3 is 1.48 bits per heavy atom.